The monoisotopic (exact) mass is 467 g/mol. The van der Waals surface area contributed by atoms with E-state index in [1.807, 2.05) is 29.6 Å². The highest BCUT2D eigenvalue weighted by molar-refractivity contribution is 7.11. The molecule has 33 heavy (non-hydrogen) atoms. The zero-order chi connectivity index (χ0) is 23.0. The Hall–Kier alpha value is -3.65. The van der Waals surface area contributed by atoms with E-state index in [4.69, 9.17) is 14.2 Å². The molecule has 2 aromatic carbocycles. The topological polar surface area (TPSA) is 73.9 Å². The Labute approximate surface area is 194 Å². The summed E-state index contributed by atoms with van der Waals surface area (Å²) in [6, 6.07) is 15.1. The third-order valence-corrected chi connectivity index (χ3v) is 5.77. The number of hydrogen-bond acceptors (Lipinski definition) is 6. The van der Waals surface area contributed by atoms with E-state index in [1.165, 1.54) is 23.5 Å². The molecule has 3 aromatic rings. The second-order valence-corrected chi connectivity index (χ2v) is 8.19. The second-order valence-electron chi connectivity index (χ2n) is 7.24. The van der Waals surface area contributed by atoms with Crippen molar-refractivity contribution in [3.63, 3.8) is 0 Å². The number of amides is 1. The van der Waals surface area contributed by atoms with Crippen molar-refractivity contribution in [3.8, 4) is 11.5 Å². The van der Waals surface area contributed by atoms with Gasteiger partial charge in [-0.1, -0.05) is 24.3 Å². The van der Waals surface area contributed by atoms with Gasteiger partial charge in [0.2, 0.25) is 0 Å². The van der Waals surface area contributed by atoms with E-state index >= 15 is 0 Å². The molecule has 0 saturated heterocycles. The van der Waals surface area contributed by atoms with E-state index in [9.17, 15) is 14.0 Å². The summed E-state index contributed by atoms with van der Waals surface area (Å²) in [4.78, 5) is 25.6. The van der Waals surface area contributed by atoms with Crippen LogP contribution >= 0.6 is 11.3 Å². The number of nitrogens with one attached hydrogen (secondary N) is 1. The lowest BCUT2D eigenvalue weighted by atomic mass is 10.1. The van der Waals surface area contributed by atoms with Gasteiger partial charge in [0.1, 0.15) is 19.0 Å². The second kappa shape index (κ2) is 10.8. The summed E-state index contributed by atoms with van der Waals surface area (Å²) in [6.07, 6.45) is 2.22. The lowest BCUT2D eigenvalue weighted by molar-refractivity contribution is -0.142. The van der Waals surface area contributed by atoms with E-state index in [2.05, 4.69) is 5.32 Å². The third-order valence-electron chi connectivity index (χ3n) is 4.86. The number of ether oxygens (including phenoxy) is 3. The van der Waals surface area contributed by atoms with Crippen LogP contribution in [-0.2, 0) is 20.7 Å². The van der Waals surface area contributed by atoms with Gasteiger partial charge in [0.25, 0.3) is 5.91 Å². The van der Waals surface area contributed by atoms with Gasteiger partial charge in [-0.05, 0) is 59.3 Å². The summed E-state index contributed by atoms with van der Waals surface area (Å²) in [6.45, 7) is 1.04. The average Bonchev–Trinajstić information content (AvgIpc) is 3.37. The normalized spacial score (nSPS) is 12.8. The van der Waals surface area contributed by atoms with Crippen molar-refractivity contribution < 1.29 is 28.2 Å². The number of halogens is 1. The molecular formula is C25H22FNO5S. The number of fused-ring (bicyclic) bond motifs is 1. The molecule has 1 aliphatic rings. The molecule has 0 radical (unpaired) electrons. The highest BCUT2D eigenvalue weighted by atomic mass is 32.1. The van der Waals surface area contributed by atoms with Crippen LogP contribution in [0.3, 0.4) is 0 Å². The van der Waals surface area contributed by atoms with Crippen LogP contribution in [0, 0.1) is 5.82 Å². The van der Waals surface area contributed by atoms with E-state index in [0.717, 1.165) is 11.3 Å². The highest BCUT2D eigenvalue weighted by Gasteiger charge is 2.17. The minimum absolute atomic E-state index is 0.306. The van der Waals surface area contributed by atoms with Gasteiger partial charge >= 0.3 is 5.97 Å². The number of hydrogen-bond donors (Lipinski definition) is 1. The van der Waals surface area contributed by atoms with Crippen LogP contribution in [-0.4, -0.2) is 38.2 Å². The molecular weight excluding hydrogens is 445 g/mol. The van der Waals surface area contributed by atoms with E-state index in [-0.39, 0.29) is 5.82 Å². The van der Waals surface area contributed by atoms with E-state index < -0.39 is 18.5 Å². The van der Waals surface area contributed by atoms with Gasteiger partial charge < -0.3 is 19.5 Å². The fourth-order valence-corrected chi connectivity index (χ4v) is 3.97. The molecule has 0 fully saturated rings. The molecule has 6 nitrogen and oxygen atoms in total. The maximum Gasteiger partial charge on any atom is 0.340 e. The van der Waals surface area contributed by atoms with Crippen LogP contribution in [0.2, 0.25) is 0 Å². The Morgan fingerprint density at radius 2 is 1.85 bits per heavy atom. The third kappa shape index (κ3) is 6.20. The summed E-state index contributed by atoms with van der Waals surface area (Å²) < 4.78 is 29.5. The van der Waals surface area contributed by atoms with Gasteiger partial charge in [0, 0.05) is 11.4 Å². The SMILES string of the molecule is O=C(COC(=O)/C(=C\c1ccc(F)cc1)c1cccs1)NCCc1ccc2c(c1)OCCO2. The Morgan fingerprint density at radius 3 is 2.61 bits per heavy atom. The van der Waals surface area contributed by atoms with Crippen molar-refractivity contribution in [2.45, 2.75) is 6.42 Å². The molecule has 1 aromatic heterocycles. The Bertz CT molecular complexity index is 1140. The molecule has 1 N–H and O–H groups in total. The van der Waals surface area contributed by atoms with Gasteiger partial charge in [-0.15, -0.1) is 11.3 Å². The molecule has 1 aliphatic heterocycles. The van der Waals surface area contributed by atoms with Crippen molar-refractivity contribution in [1.82, 2.24) is 5.32 Å². The molecule has 0 unspecified atom stereocenters. The molecule has 4 rings (SSSR count). The first kappa shape index (κ1) is 22.5. The lowest BCUT2D eigenvalue weighted by Crippen LogP contribution is -2.30. The fourth-order valence-electron chi connectivity index (χ4n) is 3.24. The van der Waals surface area contributed by atoms with Crippen LogP contribution in [0.1, 0.15) is 16.0 Å². The van der Waals surface area contributed by atoms with Crippen LogP contribution < -0.4 is 14.8 Å². The van der Waals surface area contributed by atoms with Gasteiger partial charge in [0.05, 0.1) is 5.57 Å². The number of carbonyl (C=O) groups excluding carboxylic acids is 2. The predicted molar refractivity (Wildman–Crippen MR) is 124 cm³/mol. The quantitative estimate of drug-likeness (QED) is 0.399. The number of benzene rings is 2. The van der Waals surface area contributed by atoms with Crippen molar-refractivity contribution >= 4 is 34.9 Å². The summed E-state index contributed by atoms with van der Waals surface area (Å²) >= 11 is 1.37. The van der Waals surface area contributed by atoms with Crippen molar-refractivity contribution in [3.05, 3.63) is 81.8 Å². The Balaban J connectivity index is 1.30. The van der Waals surface area contributed by atoms with Gasteiger partial charge in [-0.2, -0.15) is 0 Å². The van der Waals surface area contributed by atoms with Crippen molar-refractivity contribution in [2.24, 2.45) is 0 Å². The number of carbonyl (C=O) groups is 2. The van der Waals surface area contributed by atoms with Gasteiger partial charge in [0.15, 0.2) is 18.1 Å². The van der Waals surface area contributed by atoms with Crippen molar-refractivity contribution in [2.75, 3.05) is 26.4 Å². The molecule has 8 heteroatoms. The summed E-state index contributed by atoms with van der Waals surface area (Å²) in [7, 11) is 0. The molecule has 1 amide bonds. The van der Waals surface area contributed by atoms with Crippen molar-refractivity contribution in [1.29, 1.82) is 0 Å². The number of esters is 1. The number of thiophene rings is 1. The molecule has 0 spiro atoms. The van der Waals surface area contributed by atoms with Crippen LogP contribution in [0.5, 0.6) is 11.5 Å². The fraction of sp³-hybridized carbons (Fsp3) is 0.200. The highest BCUT2D eigenvalue weighted by Crippen LogP contribution is 2.30. The molecule has 0 bridgehead atoms. The number of rotatable bonds is 8. The zero-order valence-corrected chi connectivity index (χ0v) is 18.5. The largest absolute Gasteiger partial charge is 0.486 e. The Kier molecular flexibility index (Phi) is 7.36. The molecule has 0 saturated carbocycles. The van der Waals surface area contributed by atoms with Gasteiger partial charge in [-0.3, -0.25) is 4.79 Å². The summed E-state index contributed by atoms with van der Waals surface area (Å²) in [5.74, 6) is 0.0431. The minimum atomic E-state index is -0.622. The minimum Gasteiger partial charge on any atom is -0.486 e. The lowest BCUT2D eigenvalue weighted by Gasteiger charge is -2.18. The maximum absolute atomic E-state index is 13.2. The molecule has 2 heterocycles. The predicted octanol–water partition coefficient (Wildman–Crippen LogP) is 4.10. The average molecular weight is 468 g/mol. The maximum atomic E-state index is 13.2. The zero-order valence-electron chi connectivity index (χ0n) is 17.7. The first-order chi connectivity index (χ1) is 16.1. The smallest absolute Gasteiger partial charge is 0.340 e. The van der Waals surface area contributed by atoms with E-state index in [0.29, 0.717) is 47.9 Å². The van der Waals surface area contributed by atoms with Crippen LogP contribution in [0.25, 0.3) is 11.6 Å². The first-order valence-electron chi connectivity index (χ1n) is 10.4. The molecule has 0 atom stereocenters. The first-order valence-corrected chi connectivity index (χ1v) is 11.3. The van der Waals surface area contributed by atoms with Gasteiger partial charge in [-0.25, -0.2) is 9.18 Å². The Morgan fingerprint density at radius 1 is 1.06 bits per heavy atom. The van der Waals surface area contributed by atoms with E-state index in [1.54, 1.807) is 24.3 Å². The van der Waals surface area contributed by atoms with Crippen LogP contribution in [0.4, 0.5) is 4.39 Å². The summed E-state index contributed by atoms with van der Waals surface area (Å²) in [5.41, 5.74) is 1.96. The molecule has 0 aliphatic carbocycles. The molecule has 170 valence electrons. The standard InChI is InChI=1S/C25H22FNO5S/c26-19-6-3-17(4-7-19)14-20(23-2-1-13-33-23)25(29)32-16-24(28)27-10-9-18-5-8-21-22(15-18)31-12-11-30-21/h1-8,13-15H,9-12,16H2,(H,27,28)/b20-14-. The van der Waals surface area contributed by atoms with Crippen LogP contribution in [0.15, 0.2) is 60.0 Å². The summed E-state index contributed by atoms with van der Waals surface area (Å²) in [5, 5.41) is 4.59.